The van der Waals surface area contributed by atoms with Gasteiger partial charge in [0.25, 0.3) is 0 Å². The van der Waals surface area contributed by atoms with Gasteiger partial charge in [-0.2, -0.15) is 0 Å². The number of rotatable bonds is 9. The van der Waals surface area contributed by atoms with Gasteiger partial charge in [0, 0.05) is 23.9 Å². The summed E-state index contributed by atoms with van der Waals surface area (Å²) in [5, 5.41) is 7.02. The van der Waals surface area contributed by atoms with Gasteiger partial charge in [-0.05, 0) is 49.7 Å². The van der Waals surface area contributed by atoms with Gasteiger partial charge in [0.1, 0.15) is 12.4 Å². The topological polar surface area (TPSA) is 83.1 Å². The molecule has 32 heavy (non-hydrogen) atoms. The van der Waals surface area contributed by atoms with Crippen molar-refractivity contribution in [1.82, 2.24) is 15.1 Å². The van der Waals surface area contributed by atoms with Crippen molar-refractivity contribution in [2.24, 2.45) is 0 Å². The molecular formula is C22H26Cl2N4O4. The second-order valence-electron chi connectivity index (χ2n) is 7.48. The first-order valence-electron chi connectivity index (χ1n) is 10.1. The fraction of sp³-hybridized carbons (Fsp3) is 0.364. The number of nitrogens with one attached hydrogen (secondary N) is 2. The van der Waals surface area contributed by atoms with Crippen molar-refractivity contribution in [3.63, 3.8) is 0 Å². The summed E-state index contributed by atoms with van der Waals surface area (Å²) >= 11 is 12.3. The minimum Gasteiger partial charge on any atom is -0.490 e. The number of methoxy groups -OCH3 is 1. The Bertz CT molecular complexity index is 955. The third kappa shape index (κ3) is 5.76. The monoisotopic (exact) mass is 480 g/mol. The van der Waals surface area contributed by atoms with E-state index in [1.54, 1.807) is 56.2 Å². The van der Waals surface area contributed by atoms with E-state index in [2.05, 4.69) is 10.6 Å². The third-order valence-electron chi connectivity index (χ3n) is 4.81. The lowest BCUT2D eigenvalue weighted by Crippen LogP contribution is -2.68. The van der Waals surface area contributed by atoms with Crippen LogP contribution < -0.4 is 15.4 Å². The summed E-state index contributed by atoms with van der Waals surface area (Å²) in [7, 11) is 1.59. The number of benzene rings is 2. The lowest BCUT2D eigenvalue weighted by atomic mass is 10.2. The Morgan fingerprint density at radius 1 is 1.09 bits per heavy atom. The highest BCUT2D eigenvalue weighted by Gasteiger charge is 2.39. The van der Waals surface area contributed by atoms with Gasteiger partial charge in [0.2, 0.25) is 0 Å². The molecule has 0 bridgehead atoms. The van der Waals surface area contributed by atoms with E-state index in [9.17, 15) is 9.59 Å². The maximum Gasteiger partial charge on any atom is 0.331 e. The van der Waals surface area contributed by atoms with Crippen LogP contribution >= 0.6 is 23.2 Å². The molecule has 0 aromatic heterocycles. The molecule has 1 aliphatic heterocycles. The number of imide groups is 1. The molecule has 4 amide bonds. The zero-order valence-electron chi connectivity index (χ0n) is 18.1. The van der Waals surface area contributed by atoms with Gasteiger partial charge in [-0.25, -0.2) is 14.5 Å². The summed E-state index contributed by atoms with van der Waals surface area (Å²) in [5.74, 6) is 0.516. The molecule has 2 N–H and O–H groups in total. The maximum absolute atomic E-state index is 13.2. The van der Waals surface area contributed by atoms with E-state index in [0.717, 1.165) is 5.56 Å². The van der Waals surface area contributed by atoms with Crippen molar-refractivity contribution >= 4 is 41.0 Å². The molecule has 2 aromatic rings. The van der Waals surface area contributed by atoms with Crippen LogP contribution in [-0.2, 0) is 11.3 Å². The van der Waals surface area contributed by atoms with Crippen LogP contribution in [0, 0.1) is 0 Å². The van der Waals surface area contributed by atoms with Crippen LogP contribution in [-0.4, -0.2) is 54.5 Å². The van der Waals surface area contributed by atoms with Crippen LogP contribution in [0.3, 0.4) is 0 Å². The normalized spacial score (nSPS) is 16.4. The Kier molecular flexibility index (Phi) is 8.06. The molecule has 3 rings (SSSR count). The minimum atomic E-state index is -0.781. The van der Waals surface area contributed by atoms with Crippen molar-refractivity contribution < 1.29 is 19.1 Å². The van der Waals surface area contributed by atoms with E-state index in [4.69, 9.17) is 32.7 Å². The highest BCUT2D eigenvalue weighted by molar-refractivity contribution is 6.32. The van der Waals surface area contributed by atoms with Crippen LogP contribution in [0.2, 0.25) is 10.0 Å². The summed E-state index contributed by atoms with van der Waals surface area (Å²) < 4.78 is 10.5. The van der Waals surface area contributed by atoms with Crippen molar-refractivity contribution in [2.75, 3.05) is 25.6 Å². The molecule has 8 nitrogen and oxygen atoms in total. The van der Waals surface area contributed by atoms with Gasteiger partial charge in [-0.1, -0.05) is 35.3 Å². The third-order valence-corrected chi connectivity index (χ3v) is 5.35. The molecule has 1 saturated heterocycles. The first kappa shape index (κ1) is 24.0. The molecule has 1 aliphatic rings. The number of carbonyl (C=O) groups excluding carboxylic acids is 2. The molecule has 0 saturated carbocycles. The summed E-state index contributed by atoms with van der Waals surface area (Å²) in [6, 6.07) is 11.2. The molecule has 1 atom stereocenters. The van der Waals surface area contributed by atoms with Crippen LogP contribution in [0.1, 0.15) is 19.4 Å². The van der Waals surface area contributed by atoms with E-state index in [-0.39, 0.29) is 12.6 Å². The predicted molar refractivity (Wildman–Crippen MR) is 124 cm³/mol. The quantitative estimate of drug-likeness (QED) is 0.505. The number of carbonyl (C=O) groups is 2. The molecule has 172 valence electrons. The second-order valence-corrected chi connectivity index (χ2v) is 8.33. The average Bonchev–Trinajstić information content (AvgIpc) is 2.73. The average molecular weight is 481 g/mol. The minimum absolute atomic E-state index is 0.267. The van der Waals surface area contributed by atoms with Crippen molar-refractivity contribution in [2.45, 2.75) is 32.7 Å². The Hall–Kier alpha value is -2.68. The van der Waals surface area contributed by atoms with Crippen LogP contribution in [0.5, 0.6) is 5.75 Å². The second kappa shape index (κ2) is 10.8. The van der Waals surface area contributed by atoms with Crippen molar-refractivity contribution in [3.8, 4) is 5.75 Å². The van der Waals surface area contributed by atoms with E-state index in [1.165, 1.54) is 4.90 Å². The molecule has 1 unspecified atom stereocenters. The number of nitrogens with zero attached hydrogens (tertiary/aromatic N) is 2. The number of hydrogen-bond donors (Lipinski definition) is 2. The zero-order chi connectivity index (χ0) is 23.3. The summed E-state index contributed by atoms with van der Waals surface area (Å²) in [4.78, 5) is 28.5. The molecule has 0 spiro atoms. The highest BCUT2D eigenvalue weighted by atomic mass is 35.5. The van der Waals surface area contributed by atoms with Crippen molar-refractivity contribution in [1.29, 1.82) is 0 Å². The van der Waals surface area contributed by atoms with Crippen molar-refractivity contribution in [3.05, 3.63) is 58.1 Å². The number of halogens is 2. The first-order chi connectivity index (χ1) is 15.3. The largest absolute Gasteiger partial charge is 0.490 e. The van der Waals surface area contributed by atoms with E-state index >= 15 is 0 Å². The van der Waals surface area contributed by atoms with Gasteiger partial charge in [0.15, 0.2) is 6.29 Å². The van der Waals surface area contributed by atoms with Crippen LogP contribution in [0.25, 0.3) is 0 Å². The Balaban J connectivity index is 1.81. The lowest BCUT2D eigenvalue weighted by molar-refractivity contribution is 0.0975. The number of anilines is 1. The molecule has 1 fully saturated rings. The van der Waals surface area contributed by atoms with E-state index < -0.39 is 18.4 Å². The van der Waals surface area contributed by atoms with E-state index in [0.29, 0.717) is 34.7 Å². The van der Waals surface area contributed by atoms with E-state index in [1.807, 2.05) is 12.1 Å². The standard InChI is InChI=1S/C22H26Cl2N4O4/c1-14(2)28-21(29)26-20(27(22(28)30)13-15-4-6-16(23)7-5-15)25-17-8-9-19(18(24)12-17)32-11-10-31-3/h4-9,12,14,20,25H,10-11,13H2,1-3H3,(H,26,29). The van der Waals surface area contributed by atoms with Gasteiger partial charge in [-0.3, -0.25) is 10.2 Å². The number of amides is 4. The van der Waals surface area contributed by atoms with Gasteiger partial charge in [-0.15, -0.1) is 0 Å². The summed E-state index contributed by atoms with van der Waals surface area (Å²) in [6.45, 7) is 4.65. The molecule has 2 aromatic carbocycles. The first-order valence-corrected chi connectivity index (χ1v) is 10.9. The Labute approximate surface area is 197 Å². The highest BCUT2D eigenvalue weighted by Crippen LogP contribution is 2.29. The summed E-state index contributed by atoms with van der Waals surface area (Å²) in [6.07, 6.45) is -0.781. The molecule has 1 heterocycles. The van der Waals surface area contributed by atoms with Gasteiger partial charge >= 0.3 is 12.1 Å². The number of urea groups is 2. The molecular weight excluding hydrogens is 455 g/mol. The smallest absolute Gasteiger partial charge is 0.331 e. The maximum atomic E-state index is 13.2. The van der Waals surface area contributed by atoms with Gasteiger partial charge < -0.3 is 14.8 Å². The molecule has 10 heteroatoms. The molecule has 0 aliphatic carbocycles. The van der Waals surface area contributed by atoms with Crippen LogP contribution in [0.4, 0.5) is 15.3 Å². The fourth-order valence-electron chi connectivity index (χ4n) is 3.22. The molecule has 0 radical (unpaired) electrons. The summed E-state index contributed by atoms with van der Waals surface area (Å²) in [5.41, 5.74) is 1.49. The predicted octanol–water partition coefficient (Wildman–Crippen LogP) is 4.77. The van der Waals surface area contributed by atoms with Gasteiger partial charge in [0.05, 0.1) is 18.2 Å². The fourth-order valence-corrected chi connectivity index (χ4v) is 3.58. The lowest BCUT2D eigenvalue weighted by Gasteiger charge is -2.42. The van der Waals surface area contributed by atoms with Crippen LogP contribution in [0.15, 0.2) is 42.5 Å². The Morgan fingerprint density at radius 2 is 1.81 bits per heavy atom. The zero-order valence-corrected chi connectivity index (χ0v) is 19.6. The SMILES string of the molecule is COCCOc1ccc(NC2NC(=O)N(C(C)C)C(=O)N2Cc2ccc(Cl)cc2)cc1Cl. The Morgan fingerprint density at radius 3 is 2.44 bits per heavy atom. The number of ether oxygens (including phenoxy) is 2. The number of hydrogen-bond acceptors (Lipinski definition) is 5.